The Hall–Kier alpha value is -2.14. The van der Waals surface area contributed by atoms with Crippen LogP contribution >= 0.6 is 11.3 Å². The van der Waals surface area contributed by atoms with Crippen LogP contribution in [0.5, 0.6) is 0 Å². The van der Waals surface area contributed by atoms with Crippen molar-refractivity contribution < 1.29 is 9.59 Å². The van der Waals surface area contributed by atoms with Crippen molar-refractivity contribution in [1.29, 1.82) is 0 Å². The first-order chi connectivity index (χ1) is 10.6. The average molecular weight is 316 g/mol. The summed E-state index contributed by atoms with van der Waals surface area (Å²) in [7, 11) is 0. The van der Waals surface area contributed by atoms with Crippen molar-refractivity contribution in [3.8, 4) is 0 Å². The lowest BCUT2D eigenvalue weighted by molar-refractivity contribution is 0.0757. The van der Waals surface area contributed by atoms with Gasteiger partial charge in [0.15, 0.2) is 0 Å². The second kappa shape index (κ2) is 7.75. The molecule has 0 saturated carbocycles. The van der Waals surface area contributed by atoms with E-state index in [-0.39, 0.29) is 5.91 Å². The van der Waals surface area contributed by atoms with Gasteiger partial charge in [-0.3, -0.25) is 9.59 Å². The fourth-order valence-corrected chi connectivity index (χ4v) is 2.94. The van der Waals surface area contributed by atoms with Gasteiger partial charge in [0.2, 0.25) is 5.91 Å². The highest BCUT2D eigenvalue weighted by Gasteiger charge is 2.15. The number of hydrogen-bond donors (Lipinski definition) is 1. The largest absolute Gasteiger partial charge is 0.366 e. The van der Waals surface area contributed by atoms with Crippen LogP contribution in [0.25, 0.3) is 0 Å². The van der Waals surface area contributed by atoms with Crippen molar-refractivity contribution in [2.75, 3.05) is 13.1 Å². The lowest BCUT2D eigenvalue weighted by atomic mass is 10.1. The van der Waals surface area contributed by atoms with E-state index in [4.69, 9.17) is 5.73 Å². The van der Waals surface area contributed by atoms with E-state index in [2.05, 4.69) is 13.0 Å². The molecule has 0 saturated heterocycles. The Morgan fingerprint density at radius 1 is 1.09 bits per heavy atom. The Kier molecular flexibility index (Phi) is 5.72. The SMILES string of the molecule is CCCN(CCc1cccs1)C(=O)c1ccc(C(N)=O)cc1. The van der Waals surface area contributed by atoms with Crippen LogP contribution in [0.15, 0.2) is 41.8 Å². The van der Waals surface area contributed by atoms with Crippen molar-refractivity contribution >= 4 is 23.2 Å². The first-order valence-corrected chi connectivity index (χ1v) is 8.21. The van der Waals surface area contributed by atoms with Gasteiger partial charge in [-0.1, -0.05) is 13.0 Å². The fraction of sp³-hybridized carbons (Fsp3) is 0.294. The number of amides is 2. The minimum Gasteiger partial charge on any atom is -0.366 e. The lowest BCUT2D eigenvalue weighted by Crippen LogP contribution is -2.33. The van der Waals surface area contributed by atoms with E-state index in [1.54, 1.807) is 35.6 Å². The summed E-state index contributed by atoms with van der Waals surface area (Å²) < 4.78 is 0. The third-order valence-electron chi connectivity index (χ3n) is 3.41. The number of hydrogen-bond acceptors (Lipinski definition) is 3. The smallest absolute Gasteiger partial charge is 0.253 e. The minimum absolute atomic E-state index is 0.00516. The van der Waals surface area contributed by atoms with Crippen LogP contribution in [0.3, 0.4) is 0 Å². The molecule has 2 amide bonds. The van der Waals surface area contributed by atoms with Gasteiger partial charge in [-0.2, -0.15) is 0 Å². The fourth-order valence-electron chi connectivity index (χ4n) is 2.24. The van der Waals surface area contributed by atoms with E-state index in [9.17, 15) is 9.59 Å². The molecule has 4 nitrogen and oxygen atoms in total. The van der Waals surface area contributed by atoms with Crippen LogP contribution in [0.1, 0.15) is 38.9 Å². The molecule has 116 valence electrons. The Balaban J connectivity index is 2.06. The summed E-state index contributed by atoms with van der Waals surface area (Å²) in [6.45, 7) is 3.48. The average Bonchev–Trinajstić information content (AvgIpc) is 3.04. The molecule has 2 rings (SSSR count). The molecule has 0 unspecified atom stereocenters. The highest BCUT2D eigenvalue weighted by Crippen LogP contribution is 2.12. The van der Waals surface area contributed by atoms with E-state index < -0.39 is 5.91 Å². The highest BCUT2D eigenvalue weighted by molar-refractivity contribution is 7.09. The number of rotatable bonds is 7. The molecule has 5 heteroatoms. The van der Waals surface area contributed by atoms with Crippen molar-refractivity contribution in [2.24, 2.45) is 5.73 Å². The van der Waals surface area contributed by atoms with E-state index >= 15 is 0 Å². The zero-order chi connectivity index (χ0) is 15.9. The molecule has 22 heavy (non-hydrogen) atoms. The van der Waals surface area contributed by atoms with Gasteiger partial charge >= 0.3 is 0 Å². The van der Waals surface area contributed by atoms with E-state index in [1.165, 1.54) is 4.88 Å². The van der Waals surface area contributed by atoms with E-state index in [1.807, 2.05) is 16.3 Å². The summed E-state index contributed by atoms with van der Waals surface area (Å²) in [6.07, 6.45) is 1.78. The molecular weight excluding hydrogens is 296 g/mol. The maximum absolute atomic E-state index is 12.6. The number of benzene rings is 1. The molecule has 2 N–H and O–H groups in total. The maximum atomic E-state index is 12.6. The summed E-state index contributed by atoms with van der Waals surface area (Å²) in [5.41, 5.74) is 6.22. The van der Waals surface area contributed by atoms with Gasteiger partial charge in [0, 0.05) is 29.1 Å². The summed E-state index contributed by atoms with van der Waals surface area (Å²) in [4.78, 5) is 26.8. The monoisotopic (exact) mass is 316 g/mol. The Morgan fingerprint density at radius 3 is 2.32 bits per heavy atom. The van der Waals surface area contributed by atoms with Gasteiger partial charge in [-0.05, 0) is 48.6 Å². The quantitative estimate of drug-likeness (QED) is 0.853. The number of thiophene rings is 1. The van der Waals surface area contributed by atoms with Gasteiger partial charge in [0.1, 0.15) is 0 Å². The first kappa shape index (κ1) is 16.2. The molecule has 0 radical (unpaired) electrons. The molecule has 0 fully saturated rings. The molecule has 1 heterocycles. The molecule has 0 atom stereocenters. The van der Waals surface area contributed by atoms with Crippen molar-refractivity contribution in [3.63, 3.8) is 0 Å². The third kappa shape index (κ3) is 4.18. The van der Waals surface area contributed by atoms with Crippen LogP contribution < -0.4 is 5.73 Å². The second-order valence-corrected chi connectivity index (χ2v) is 6.10. The molecule has 0 bridgehead atoms. The normalized spacial score (nSPS) is 10.4. The summed E-state index contributed by atoms with van der Waals surface area (Å²) >= 11 is 1.71. The zero-order valence-corrected chi connectivity index (χ0v) is 13.4. The van der Waals surface area contributed by atoms with Crippen molar-refractivity contribution in [3.05, 3.63) is 57.8 Å². The predicted octanol–water partition coefficient (Wildman–Crippen LogP) is 2.94. The summed E-state index contributed by atoms with van der Waals surface area (Å²) in [5.74, 6) is -0.489. The van der Waals surface area contributed by atoms with Crippen LogP contribution in [-0.2, 0) is 6.42 Å². The zero-order valence-electron chi connectivity index (χ0n) is 12.6. The number of primary amides is 1. The van der Waals surface area contributed by atoms with Crippen LogP contribution in [0, 0.1) is 0 Å². The van der Waals surface area contributed by atoms with E-state index in [0.717, 1.165) is 19.4 Å². The molecule has 1 aromatic carbocycles. The Bertz CT molecular complexity index is 621. The molecule has 0 aliphatic rings. The second-order valence-electron chi connectivity index (χ2n) is 5.06. The van der Waals surface area contributed by atoms with Crippen molar-refractivity contribution in [1.82, 2.24) is 4.90 Å². The van der Waals surface area contributed by atoms with Gasteiger partial charge in [0.25, 0.3) is 5.91 Å². The molecule has 2 aromatic rings. The third-order valence-corrected chi connectivity index (χ3v) is 4.34. The minimum atomic E-state index is -0.484. The van der Waals surface area contributed by atoms with Crippen LogP contribution in [-0.4, -0.2) is 29.8 Å². The first-order valence-electron chi connectivity index (χ1n) is 7.33. The Labute approximate surface area is 134 Å². The van der Waals surface area contributed by atoms with Gasteiger partial charge in [-0.15, -0.1) is 11.3 Å². The van der Waals surface area contributed by atoms with Crippen LogP contribution in [0.4, 0.5) is 0 Å². The van der Waals surface area contributed by atoms with Gasteiger partial charge < -0.3 is 10.6 Å². The summed E-state index contributed by atoms with van der Waals surface area (Å²) in [6, 6.07) is 10.6. The molecule has 0 aliphatic heterocycles. The standard InChI is InChI=1S/C17H20N2O2S/c1-2-10-19(11-9-15-4-3-12-22-15)17(21)14-7-5-13(6-8-14)16(18)20/h3-8,12H,2,9-11H2,1H3,(H2,18,20). The lowest BCUT2D eigenvalue weighted by Gasteiger charge is -2.22. The molecule has 0 spiro atoms. The molecule has 1 aromatic heterocycles. The van der Waals surface area contributed by atoms with Gasteiger partial charge in [0.05, 0.1) is 0 Å². The molecular formula is C17H20N2O2S. The summed E-state index contributed by atoms with van der Waals surface area (Å²) in [5, 5.41) is 2.05. The van der Waals surface area contributed by atoms with E-state index in [0.29, 0.717) is 17.7 Å². The highest BCUT2D eigenvalue weighted by atomic mass is 32.1. The topological polar surface area (TPSA) is 63.4 Å². The molecule has 0 aliphatic carbocycles. The van der Waals surface area contributed by atoms with Gasteiger partial charge in [-0.25, -0.2) is 0 Å². The Morgan fingerprint density at radius 2 is 1.77 bits per heavy atom. The number of carbonyl (C=O) groups excluding carboxylic acids is 2. The number of carbonyl (C=O) groups is 2. The van der Waals surface area contributed by atoms with Crippen LogP contribution in [0.2, 0.25) is 0 Å². The predicted molar refractivity (Wildman–Crippen MR) is 89.2 cm³/mol. The number of nitrogens with two attached hydrogens (primary N) is 1. The maximum Gasteiger partial charge on any atom is 0.253 e. The van der Waals surface area contributed by atoms with Crippen molar-refractivity contribution in [2.45, 2.75) is 19.8 Å². The number of nitrogens with zero attached hydrogens (tertiary/aromatic N) is 1.